The number of rotatable bonds is 14. The Bertz CT molecular complexity index is 1470. The van der Waals surface area contributed by atoms with Gasteiger partial charge in [0.05, 0.1) is 51.6 Å². The van der Waals surface area contributed by atoms with Crippen molar-refractivity contribution < 1.29 is 52.6 Å². The molecule has 1 saturated heterocycles. The first-order valence-corrected chi connectivity index (χ1v) is 16.2. The molecule has 0 saturated carbocycles. The van der Waals surface area contributed by atoms with Gasteiger partial charge in [-0.05, 0) is 48.5 Å². The third-order valence-electron chi connectivity index (χ3n) is 6.87. The third kappa shape index (κ3) is 9.77. The van der Waals surface area contributed by atoms with E-state index >= 15 is 0 Å². The molecule has 1 aliphatic heterocycles. The number of carbonyl (C=O) groups excluding carboxylic acids is 2. The molecule has 6 atom stereocenters. The van der Waals surface area contributed by atoms with E-state index in [1.54, 1.807) is 41.5 Å². The lowest BCUT2D eigenvalue weighted by Crippen LogP contribution is -2.49. The summed E-state index contributed by atoms with van der Waals surface area (Å²) in [6, 6.07) is -2.73. The minimum absolute atomic E-state index is 0.0289. The molecule has 266 valence electrons. The fourth-order valence-corrected chi connectivity index (χ4v) is 6.22. The van der Waals surface area contributed by atoms with Crippen molar-refractivity contribution in [3.63, 3.8) is 0 Å². The summed E-state index contributed by atoms with van der Waals surface area (Å²) in [6.07, 6.45) is -3.19. The van der Waals surface area contributed by atoms with Gasteiger partial charge in [0.1, 0.15) is 29.9 Å². The number of nitrogen functional groups attached to an aromatic ring is 1. The van der Waals surface area contributed by atoms with E-state index in [0.29, 0.717) is 0 Å². The lowest BCUT2D eigenvalue weighted by Gasteiger charge is -2.31. The first-order chi connectivity index (χ1) is 21.6. The van der Waals surface area contributed by atoms with E-state index in [1.807, 2.05) is 0 Å². The molecule has 0 aliphatic carbocycles. The van der Waals surface area contributed by atoms with Gasteiger partial charge in [0.25, 0.3) is 5.56 Å². The predicted octanol–water partition coefficient (Wildman–Crippen LogP) is -0.272. The van der Waals surface area contributed by atoms with Crippen LogP contribution in [0.4, 0.5) is 5.95 Å². The number of nitrogens with zero attached hydrogens (tertiary/aromatic N) is 3. The highest BCUT2D eigenvalue weighted by molar-refractivity contribution is 7.54. The average molecular weight is 692 g/mol. The van der Waals surface area contributed by atoms with Gasteiger partial charge in [-0.3, -0.25) is 28.5 Å². The van der Waals surface area contributed by atoms with Crippen LogP contribution in [0.3, 0.4) is 0 Å². The fourth-order valence-electron chi connectivity index (χ4n) is 4.46. The molecular weight excluding hydrogens is 645 g/mol. The van der Waals surface area contributed by atoms with Crippen LogP contribution in [0, 0.1) is 0 Å². The number of H-pyrrole nitrogens is 1. The highest BCUT2D eigenvalue weighted by atomic mass is 31.2. The zero-order chi connectivity index (χ0) is 35.5. The van der Waals surface area contributed by atoms with E-state index in [-0.39, 0.29) is 30.3 Å². The Labute approximate surface area is 271 Å². The first-order valence-electron chi connectivity index (χ1n) is 14.6. The minimum atomic E-state index is -4.51. The van der Waals surface area contributed by atoms with Crippen LogP contribution in [-0.4, -0.2) is 117 Å². The molecule has 19 nitrogen and oxygen atoms in total. The number of methoxy groups -OCH3 is 2. The van der Waals surface area contributed by atoms with Crippen LogP contribution in [0.15, 0.2) is 11.1 Å². The van der Waals surface area contributed by atoms with Crippen LogP contribution in [0.5, 0.6) is 0 Å². The van der Waals surface area contributed by atoms with Crippen LogP contribution < -0.4 is 21.5 Å². The molecule has 3 rings (SSSR count). The summed E-state index contributed by atoms with van der Waals surface area (Å²) in [6.45, 7) is 10.5. The number of hydrogen-bond donors (Lipinski definition) is 6. The SMILES string of the molecule is COC(=O)C(COC(C)(C)C)NP(=O)(NC(COC(C)(C)C)C(=O)OC)OC[C@H]1O[C@@H](n2cnc3c(=O)[nH]c(N)nc32)[C@@](C)(O)C1O. The van der Waals surface area contributed by atoms with Gasteiger partial charge >= 0.3 is 19.6 Å². The molecule has 0 spiro atoms. The van der Waals surface area contributed by atoms with E-state index in [9.17, 15) is 29.2 Å². The van der Waals surface area contributed by atoms with Gasteiger partial charge in [-0.15, -0.1) is 0 Å². The monoisotopic (exact) mass is 691 g/mol. The topological polar surface area (TPSA) is 261 Å². The summed E-state index contributed by atoms with van der Waals surface area (Å²) in [7, 11) is -2.25. The maximum atomic E-state index is 14.5. The maximum absolute atomic E-state index is 14.5. The molecule has 20 heteroatoms. The van der Waals surface area contributed by atoms with Crippen molar-refractivity contribution in [2.24, 2.45) is 0 Å². The molecule has 47 heavy (non-hydrogen) atoms. The standard InChI is InChI=1S/C27H46N7O12P/c1-25(2,3)43-10-14(21(37)41-8)32-47(40,33-15(22(38)42-9)11-44-26(4,5)6)45-12-16-18(35)27(7,39)23(46-16)34-13-29-17-19(34)30-24(28)31-20(17)36/h13-16,18,23,35,39H,10-12H2,1-9H3,(H2,32,33,40)(H3,28,30,31,36)/t14?,15?,16-,18?,23-,27+,47?/m1/s1. The van der Waals surface area contributed by atoms with E-state index in [2.05, 4.69) is 25.1 Å². The Kier molecular flexibility index (Phi) is 12.0. The predicted molar refractivity (Wildman–Crippen MR) is 166 cm³/mol. The Morgan fingerprint density at radius 3 is 2.09 bits per heavy atom. The van der Waals surface area contributed by atoms with E-state index in [4.69, 9.17) is 33.9 Å². The Hall–Kier alpha value is -3.00. The lowest BCUT2D eigenvalue weighted by atomic mass is 9.96. The average Bonchev–Trinajstić information content (AvgIpc) is 3.48. The number of nitrogens with two attached hydrogens (primary N) is 1. The van der Waals surface area contributed by atoms with Crippen molar-refractivity contribution in [1.82, 2.24) is 29.7 Å². The van der Waals surface area contributed by atoms with Crippen LogP contribution in [0.25, 0.3) is 11.2 Å². The number of aromatic nitrogens is 4. The van der Waals surface area contributed by atoms with Crippen molar-refractivity contribution in [1.29, 1.82) is 0 Å². The van der Waals surface area contributed by atoms with Crippen molar-refractivity contribution in [2.45, 2.75) is 95.8 Å². The molecule has 3 unspecified atom stereocenters. The Balaban J connectivity index is 1.94. The second-order valence-corrected chi connectivity index (χ2v) is 15.0. The minimum Gasteiger partial charge on any atom is -0.468 e. The molecule has 1 aliphatic rings. The summed E-state index contributed by atoms with van der Waals surface area (Å²) in [5.74, 6) is -1.92. The number of carbonyl (C=O) groups is 2. The van der Waals surface area contributed by atoms with Crippen LogP contribution in [0.2, 0.25) is 0 Å². The zero-order valence-electron chi connectivity index (χ0n) is 27.9. The molecule has 3 heterocycles. The van der Waals surface area contributed by atoms with E-state index in [0.717, 1.165) is 14.2 Å². The smallest absolute Gasteiger partial charge is 0.342 e. The first kappa shape index (κ1) is 38.4. The molecule has 0 bridgehead atoms. The number of nitrogens with one attached hydrogen (secondary N) is 3. The van der Waals surface area contributed by atoms with Gasteiger partial charge in [-0.2, -0.15) is 4.98 Å². The number of aliphatic hydroxyl groups excluding tert-OH is 1. The highest BCUT2D eigenvalue weighted by Gasteiger charge is 2.54. The summed E-state index contributed by atoms with van der Waals surface area (Å²) < 4.78 is 48.6. The van der Waals surface area contributed by atoms with Gasteiger partial charge in [-0.1, -0.05) is 0 Å². The normalized spacial score (nSPS) is 24.5. The number of imidazole rings is 1. The number of fused-ring (bicyclic) bond motifs is 1. The van der Waals surface area contributed by atoms with E-state index < -0.39 is 79.1 Å². The third-order valence-corrected chi connectivity index (χ3v) is 8.68. The largest absolute Gasteiger partial charge is 0.468 e. The lowest BCUT2D eigenvalue weighted by molar-refractivity contribution is -0.146. The molecule has 0 amide bonds. The number of aromatic amines is 1. The van der Waals surface area contributed by atoms with Gasteiger partial charge < -0.3 is 44.2 Å². The quantitative estimate of drug-likeness (QED) is 0.110. The van der Waals surface area contributed by atoms with Crippen molar-refractivity contribution >= 4 is 36.7 Å². The molecule has 0 aromatic carbocycles. The zero-order valence-corrected chi connectivity index (χ0v) is 28.8. The van der Waals surface area contributed by atoms with Gasteiger partial charge in [0.2, 0.25) is 5.95 Å². The van der Waals surface area contributed by atoms with Crippen molar-refractivity contribution in [2.75, 3.05) is 39.8 Å². The summed E-state index contributed by atoms with van der Waals surface area (Å²) in [5, 5.41) is 27.6. The molecule has 2 aromatic rings. The second kappa shape index (κ2) is 14.6. The maximum Gasteiger partial charge on any atom is 0.342 e. The summed E-state index contributed by atoms with van der Waals surface area (Å²) >= 11 is 0. The fraction of sp³-hybridized carbons (Fsp3) is 0.741. The highest BCUT2D eigenvalue weighted by Crippen LogP contribution is 2.44. The van der Waals surface area contributed by atoms with Crippen LogP contribution >= 0.6 is 7.67 Å². The molecular formula is C27H46N7O12P. The van der Waals surface area contributed by atoms with Gasteiger partial charge in [0.15, 0.2) is 17.4 Å². The second-order valence-electron chi connectivity index (χ2n) is 13.1. The summed E-state index contributed by atoms with van der Waals surface area (Å²) in [4.78, 5) is 48.2. The molecule has 1 fully saturated rings. The van der Waals surface area contributed by atoms with Crippen molar-refractivity contribution in [3.05, 3.63) is 16.7 Å². The number of anilines is 1. The Morgan fingerprint density at radius 1 is 1.11 bits per heavy atom. The molecule has 0 radical (unpaired) electrons. The number of aliphatic hydroxyl groups is 2. The van der Waals surface area contributed by atoms with E-state index in [1.165, 1.54) is 17.8 Å². The Morgan fingerprint density at radius 2 is 1.62 bits per heavy atom. The van der Waals surface area contributed by atoms with Crippen LogP contribution in [-0.2, 0) is 42.4 Å². The van der Waals surface area contributed by atoms with Crippen LogP contribution in [0.1, 0.15) is 54.7 Å². The van der Waals surface area contributed by atoms with Gasteiger partial charge in [-0.25, -0.2) is 15.2 Å². The molecule has 7 N–H and O–H groups in total. The number of hydrogen-bond acceptors (Lipinski definition) is 15. The number of esters is 2. The summed E-state index contributed by atoms with van der Waals surface area (Å²) in [5.41, 5.74) is 1.51. The van der Waals surface area contributed by atoms with Crippen molar-refractivity contribution in [3.8, 4) is 0 Å². The number of ether oxygens (including phenoxy) is 5. The molecule has 2 aromatic heterocycles. The van der Waals surface area contributed by atoms with Gasteiger partial charge in [0, 0.05) is 0 Å².